The lowest BCUT2D eigenvalue weighted by molar-refractivity contribution is -0.136. The summed E-state index contributed by atoms with van der Waals surface area (Å²) in [6, 6.07) is 13.4. The number of urea groups is 2. The summed E-state index contributed by atoms with van der Waals surface area (Å²) >= 11 is 0. The molecule has 0 radical (unpaired) electrons. The van der Waals surface area contributed by atoms with Crippen LogP contribution in [0.5, 0.6) is 0 Å². The van der Waals surface area contributed by atoms with Crippen LogP contribution in [-0.4, -0.2) is 137 Å². The number of carbonyl (C=O) groups is 4. The zero-order valence-electron chi connectivity index (χ0n) is 37.1. The van der Waals surface area contributed by atoms with Crippen molar-refractivity contribution in [1.82, 2.24) is 50.2 Å². The lowest BCUT2D eigenvalue weighted by Crippen LogP contribution is -2.54. The van der Waals surface area contributed by atoms with Gasteiger partial charge in [-0.2, -0.15) is 0 Å². The Labute approximate surface area is 374 Å². The van der Waals surface area contributed by atoms with E-state index in [4.69, 9.17) is 9.97 Å². The molecule has 338 valence electrons. The largest absolute Gasteiger partial charge is 0.391 e. The van der Waals surface area contributed by atoms with Crippen molar-refractivity contribution in [1.29, 1.82) is 0 Å². The molecule has 16 heteroatoms. The average Bonchev–Trinajstić information content (AvgIpc) is 4.15. The highest BCUT2D eigenvalue weighted by molar-refractivity contribution is 5.89. The van der Waals surface area contributed by atoms with Crippen LogP contribution in [0.25, 0.3) is 22.5 Å². The second kappa shape index (κ2) is 19.3. The van der Waals surface area contributed by atoms with Crippen molar-refractivity contribution in [2.75, 3.05) is 39.3 Å². The van der Waals surface area contributed by atoms with Gasteiger partial charge in [0.15, 0.2) is 0 Å². The van der Waals surface area contributed by atoms with Crippen LogP contribution in [-0.2, 0) is 9.59 Å². The fourth-order valence-corrected chi connectivity index (χ4v) is 9.23. The van der Waals surface area contributed by atoms with Gasteiger partial charge in [0.1, 0.15) is 23.7 Å². The van der Waals surface area contributed by atoms with E-state index in [1.807, 2.05) is 86.0 Å². The lowest BCUT2D eigenvalue weighted by Gasteiger charge is -2.31. The Morgan fingerprint density at radius 1 is 0.609 bits per heavy atom. The van der Waals surface area contributed by atoms with Gasteiger partial charge in [0.25, 0.3) is 0 Å². The Hall–Kier alpha value is -6.18. The molecule has 0 spiro atoms. The van der Waals surface area contributed by atoms with Gasteiger partial charge < -0.3 is 50.4 Å². The molecule has 0 aliphatic carbocycles. The molecule has 0 saturated carbocycles. The number of nitrogens with one attached hydrogen (secondary N) is 4. The van der Waals surface area contributed by atoms with E-state index >= 15 is 0 Å². The van der Waals surface area contributed by atoms with E-state index in [-0.39, 0.29) is 60.9 Å². The Balaban J connectivity index is 0.867. The first-order valence-electron chi connectivity index (χ1n) is 22.7. The van der Waals surface area contributed by atoms with E-state index in [1.54, 1.807) is 22.2 Å². The normalized spacial score (nSPS) is 21.9. The molecule has 4 saturated heterocycles. The molecule has 4 fully saturated rings. The van der Waals surface area contributed by atoms with Gasteiger partial charge in [-0.1, -0.05) is 63.8 Å². The summed E-state index contributed by atoms with van der Waals surface area (Å²) in [7, 11) is 0. The monoisotopic (exact) mass is 872 g/mol. The van der Waals surface area contributed by atoms with Crippen LogP contribution >= 0.6 is 0 Å². The molecule has 6 N–H and O–H groups in total. The maximum Gasteiger partial charge on any atom is 0.318 e. The van der Waals surface area contributed by atoms with Crippen LogP contribution in [0.4, 0.5) is 9.59 Å². The molecule has 16 nitrogen and oxygen atoms in total. The number of likely N-dealkylation sites (tertiary alicyclic amines) is 4. The Bertz CT molecular complexity index is 2200. The summed E-state index contributed by atoms with van der Waals surface area (Å²) in [6.45, 7) is 10.4. The van der Waals surface area contributed by atoms with Crippen LogP contribution in [0.2, 0.25) is 0 Å². The number of imidazole rings is 2. The van der Waals surface area contributed by atoms with Crippen molar-refractivity contribution in [3.8, 4) is 34.4 Å². The quantitative estimate of drug-likeness (QED) is 0.122. The number of aromatic nitrogens is 4. The minimum atomic E-state index is -0.685. The Morgan fingerprint density at radius 3 is 1.34 bits per heavy atom. The summed E-state index contributed by atoms with van der Waals surface area (Å²) in [4.78, 5) is 76.7. The number of aliphatic hydroxyl groups is 2. The number of aromatic amines is 2. The van der Waals surface area contributed by atoms with Gasteiger partial charge in [-0.25, -0.2) is 19.6 Å². The molecule has 8 rings (SSSR count). The molecule has 6 unspecified atom stereocenters. The van der Waals surface area contributed by atoms with Crippen molar-refractivity contribution in [2.24, 2.45) is 11.8 Å². The molecule has 4 aliphatic rings. The number of carbonyl (C=O) groups excluding carboxylic acids is 4. The second-order valence-corrected chi connectivity index (χ2v) is 18.3. The summed E-state index contributed by atoms with van der Waals surface area (Å²) in [6.07, 6.45) is 6.81. The highest BCUT2D eigenvalue weighted by atomic mass is 16.3. The van der Waals surface area contributed by atoms with Crippen molar-refractivity contribution >= 4 is 23.9 Å². The van der Waals surface area contributed by atoms with Gasteiger partial charge in [-0.3, -0.25) is 9.59 Å². The number of H-pyrrole nitrogens is 2. The maximum absolute atomic E-state index is 13.9. The third-order valence-electron chi connectivity index (χ3n) is 13.0. The third-order valence-corrected chi connectivity index (χ3v) is 13.0. The van der Waals surface area contributed by atoms with Crippen molar-refractivity contribution in [2.45, 2.75) is 103 Å². The molecular weight excluding hydrogens is 813 g/mol. The van der Waals surface area contributed by atoms with Gasteiger partial charge >= 0.3 is 12.1 Å². The minimum Gasteiger partial charge on any atom is -0.391 e. The first kappa shape index (κ1) is 44.4. The predicted octanol–water partition coefficient (Wildman–Crippen LogP) is 4.80. The summed E-state index contributed by atoms with van der Waals surface area (Å²) < 4.78 is 0. The van der Waals surface area contributed by atoms with Crippen molar-refractivity contribution < 1.29 is 29.4 Å². The topological polar surface area (TPSA) is 203 Å². The summed E-state index contributed by atoms with van der Waals surface area (Å²) in [5, 5.41) is 25.7. The van der Waals surface area contributed by atoms with Gasteiger partial charge in [0.05, 0.1) is 48.1 Å². The molecule has 4 aliphatic heterocycles. The van der Waals surface area contributed by atoms with Gasteiger partial charge in [0, 0.05) is 50.4 Å². The standard InChI is InChI=1S/C48H60N10O6/c1-29(2)41(53-47(63)55-23-19-35(59)27-55)45(61)57-21-5-7-39(57)43-49-25-37(51-43)33-15-11-31(12-16-33)9-10-32-13-17-34(18-14-32)38-26-50-44(52-38)40-8-6-22-58(40)46(62)42(30(3)4)54-48(64)56-24-20-36(60)28-56/h11-18,25-26,29-30,35-36,39-42,59-60H,5-8,19-24,27-28H2,1-4H3,(H,49,51)(H,50,52)(H,53,63)(H,54,64). The minimum absolute atomic E-state index is 0.116. The van der Waals surface area contributed by atoms with Crippen LogP contribution in [0.3, 0.4) is 0 Å². The van der Waals surface area contributed by atoms with Crippen LogP contribution < -0.4 is 10.6 Å². The number of rotatable bonds is 10. The second-order valence-electron chi connectivity index (χ2n) is 18.3. The van der Waals surface area contributed by atoms with Crippen molar-refractivity contribution in [3.63, 3.8) is 0 Å². The van der Waals surface area contributed by atoms with Crippen LogP contribution in [0, 0.1) is 23.7 Å². The number of hydrogen-bond donors (Lipinski definition) is 6. The van der Waals surface area contributed by atoms with Gasteiger partial charge in [-0.15, -0.1) is 0 Å². The van der Waals surface area contributed by atoms with Gasteiger partial charge in [-0.05, 0) is 85.8 Å². The van der Waals surface area contributed by atoms with E-state index < -0.39 is 24.3 Å². The van der Waals surface area contributed by atoms with Crippen LogP contribution in [0.15, 0.2) is 60.9 Å². The zero-order valence-corrected chi connectivity index (χ0v) is 37.1. The predicted molar refractivity (Wildman–Crippen MR) is 240 cm³/mol. The molecule has 2 aromatic carbocycles. The summed E-state index contributed by atoms with van der Waals surface area (Å²) in [5.41, 5.74) is 5.27. The Morgan fingerprint density at radius 2 is 1.00 bits per heavy atom. The van der Waals surface area contributed by atoms with E-state index in [0.717, 1.165) is 59.3 Å². The van der Waals surface area contributed by atoms with E-state index in [1.165, 1.54) is 0 Å². The molecule has 6 amide bonds. The fraction of sp³-hybridized carbons (Fsp3) is 0.500. The smallest absolute Gasteiger partial charge is 0.318 e. The van der Waals surface area contributed by atoms with E-state index in [9.17, 15) is 29.4 Å². The first-order chi connectivity index (χ1) is 30.8. The number of aliphatic hydroxyl groups excluding tert-OH is 2. The Kier molecular flexibility index (Phi) is 13.4. The highest BCUT2D eigenvalue weighted by Crippen LogP contribution is 2.34. The number of benzene rings is 2. The molecule has 4 aromatic rings. The molecule has 2 aromatic heterocycles. The molecule has 0 bridgehead atoms. The van der Waals surface area contributed by atoms with E-state index in [2.05, 4.69) is 32.4 Å². The number of hydrogen-bond acceptors (Lipinski definition) is 8. The number of β-amino-alcohol motifs (C(OH)–C–C–N with tert-alkyl or cyclic N) is 2. The van der Waals surface area contributed by atoms with Gasteiger partial charge in [0.2, 0.25) is 11.8 Å². The van der Waals surface area contributed by atoms with E-state index in [0.29, 0.717) is 50.7 Å². The SMILES string of the molecule is CC(C)C(NC(=O)N1CCC(O)C1)C(=O)N1CCCC1c1ncc(-c2ccc(C#Cc3ccc(-c4cnc(C5CCCN5C(=O)C(NC(=O)N5CCC(O)C5)C(C)C)[nH]4)cc3)cc2)[nH]1. The zero-order chi connectivity index (χ0) is 45.1. The fourth-order valence-electron chi connectivity index (χ4n) is 9.23. The van der Waals surface area contributed by atoms with Crippen LogP contribution in [0.1, 0.15) is 101 Å². The molecular formula is C48H60N10O6. The lowest BCUT2D eigenvalue weighted by atomic mass is 10.0. The highest BCUT2D eigenvalue weighted by Gasteiger charge is 2.40. The third kappa shape index (κ3) is 9.80. The molecule has 6 atom stereocenters. The number of amides is 6. The van der Waals surface area contributed by atoms with Crippen molar-refractivity contribution in [3.05, 3.63) is 83.7 Å². The molecule has 6 heterocycles. The average molecular weight is 873 g/mol. The summed E-state index contributed by atoms with van der Waals surface area (Å²) in [5.74, 6) is 7.46. The molecule has 64 heavy (non-hydrogen) atoms. The first-order valence-corrected chi connectivity index (χ1v) is 22.7. The number of nitrogens with zero attached hydrogens (tertiary/aromatic N) is 6. The maximum atomic E-state index is 13.9.